The van der Waals surface area contributed by atoms with Gasteiger partial charge in [0.15, 0.2) is 5.57 Å². The Morgan fingerprint density at radius 1 is 1.03 bits per heavy atom. The van der Waals surface area contributed by atoms with Crippen molar-refractivity contribution >= 4 is 40.5 Å². The van der Waals surface area contributed by atoms with Gasteiger partial charge in [-0.15, -0.1) is 11.3 Å². The van der Waals surface area contributed by atoms with Crippen LogP contribution in [0.4, 0.5) is 0 Å². The molecule has 1 aromatic heterocycles. The van der Waals surface area contributed by atoms with Gasteiger partial charge < -0.3 is 5.32 Å². The van der Waals surface area contributed by atoms with E-state index in [1.165, 1.54) is 4.57 Å². The van der Waals surface area contributed by atoms with Gasteiger partial charge in [0.25, 0.3) is 11.5 Å². The molecular weight excluding hydrogens is 466 g/mol. The lowest BCUT2D eigenvalue weighted by atomic mass is 10.1. The van der Waals surface area contributed by atoms with Crippen LogP contribution in [0, 0.1) is 11.3 Å². The fraction of sp³-hybridized carbons (Fsp3) is 0.0741. The van der Waals surface area contributed by atoms with Gasteiger partial charge >= 0.3 is 0 Å². The molecule has 4 aromatic rings. The number of thiazole rings is 1. The number of amides is 1. The number of halogens is 1. The van der Waals surface area contributed by atoms with Gasteiger partial charge in [0.1, 0.15) is 10.7 Å². The zero-order valence-electron chi connectivity index (χ0n) is 18.2. The largest absolute Gasteiger partial charge is 0.345 e. The van der Waals surface area contributed by atoms with Crippen molar-refractivity contribution in [3.8, 4) is 11.8 Å². The quantitative estimate of drug-likeness (QED) is 0.465. The first kappa shape index (κ1) is 23.2. The molecule has 1 amide bonds. The number of carbonyl (C=O) groups is 1. The molecule has 0 bridgehead atoms. The van der Waals surface area contributed by atoms with Crippen LogP contribution in [0.3, 0.4) is 0 Å². The van der Waals surface area contributed by atoms with E-state index in [1.807, 2.05) is 61.5 Å². The van der Waals surface area contributed by atoms with Crippen molar-refractivity contribution in [1.82, 2.24) is 9.88 Å². The maximum Gasteiger partial charge on any atom is 0.273 e. The second-order valence-corrected chi connectivity index (χ2v) is 8.94. The predicted molar refractivity (Wildman–Crippen MR) is 136 cm³/mol. The summed E-state index contributed by atoms with van der Waals surface area (Å²) < 4.78 is 2.02. The van der Waals surface area contributed by atoms with Gasteiger partial charge in [0, 0.05) is 5.02 Å². The van der Waals surface area contributed by atoms with E-state index in [0.29, 0.717) is 20.8 Å². The van der Waals surface area contributed by atoms with Gasteiger partial charge in [-0.3, -0.25) is 14.2 Å². The Hall–Kier alpha value is -3.92. The van der Waals surface area contributed by atoms with E-state index in [2.05, 4.69) is 5.32 Å². The summed E-state index contributed by atoms with van der Waals surface area (Å²) in [5.74, 6) is -0.547. The highest BCUT2D eigenvalue weighted by atomic mass is 35.5. The second kappa shape index (κ2) is 10.3. The molecule has 0 saturated carbocycles. The molecule has 1 atom stereocenters. The number of hydrogen-bond acceptors (Lipinski definition) is 4. The summed E-state index contributed by atoms with van der Waals surface area (Å²) in [5, 5.41) is 13.3. The van der Waals surface area contributed by atoms with E-state index in [1.54, 1.807) is 42.5 Å². The molecule has 0 saturated heterocycles. The molecule has 0 unspecified atom stereocenters. The van der Waals surface area contributed by atoms with Crippen molar-refractivity contribution in [2.75, 3.05) is 0 Å². The Morgan fingerprint density at radius 2 is 1.65 bits per heavy atom. The number of nitrogens with one attached hydrogen (secondary N) is 1. The van der Waals surface area contributed by atoms with Gasteiger partial charge in [0.05, 0.1) is 16.3 Å². The Morgan fingerprint density at radius 3 is 2.29 bits per heavy atom. The lowest BCUT2D eigenvalue weighted by molar-refractivity contribution is -0.116. The first-order valence-corrected chi connectivity index (χ1v) is 11.7. The van der Waals surface area contributed by atoms with Gasteiger partial charge in [-0.1, -0.05) is 78.3 Å². The van der Waals surface area contributed by atoms with Crippen LogP contribution in [0.15, 0.2) is 89.7 Å². The summed E-state index contributed by atoms with van der Waals surface area (Å²) in [6, 6.07) is 27.3. The highest BCUT2D eigenvalue weighted by molar-refractivity contribution is 7.07. The average molecular weight is 486 g/mol. The molecule has 168 valence electrons. The Balaban J connectivity index is 1.91. The van der Waals surface area contributed by atoms with Crippen LogP contribution in [-0.2, 0) is 4.79 Å². The molecule has 0 fully saturated rings. The van der Waals surface area contributed by atoms with E-state index < -0.39 is 5.91 Å². The highest BCUT2D eigenvalue weighted by Gasteiger charge is 2.19. The van der Waals surface area contributed by atoms with Crippen molar-refractivity contribution in [3.05, 3.63) is 121 Å². The molecular formula is C27H20ClN3O2S. The third-order valence-corrected chi connectivity index (χ3v) is 6.67. The van der Waals surface area contributed by atoms with E-state index in [-0.39, 0.29) is 21.8 Å². The van der Waals surface area contributed by atoms with E-state index in [4.69, 9.17) is 11.6 Å². The second-order valence-electron chi connectivity index (χ2n) is 7.51. The SMILES string of the molecule is C[C@H](NC(=O)/C(C#N)=c1/s/c(=C/c2ccccc2Cl)c(=O)n1-c1ccccc1)c1ccccc1. The summed E-state index contributed by atoms with van der Waals surface area (Å²) in [6.07, 6.45) is 1.68. The van der Waals surface area contributed by atoms with Gasteiger partial charge in [-0.25, -0.2) is 0 Å². The number of aromatic nitrogens is 1. The number of carbonyl (C=O) groups excluding carboxylic acids is 1. The lowest BCUT2D eigenvalue weighted by Crippen LogP contribution is -2.34. The Labute approximate surface area is 205 Å². The van der Waals surface area contributed by atoms with Gasteiger partial charge in [0.2, 0.25) is 0 Å². The minimum absolute atomic E-state index is 0.132. The molecule has 0 spiro atoms. The van der Waals surface area contributed by atoms with Crippen molar-refractivity contribution in [2.45, 2.75) is 13.0 Å². The molecule has 1 N–H and O–H groups in total. The highest BCUT2D eigenvalue weighted by Crippen LogP contribution is 2.15. The molecule has 34 heavy (non-hydrogen) atoms. The summed E-state index contributed by atoms with van der Waals surface area (Å²) in [6.45, 7) is 1.84. The van der Waals surface area contributed by atoms with Crippen LogP contribution in [0.2, 0.25) is 5.02 Å². The molecule has 3 aromatic carbocycles. The first-order chi connectivity index (χ1) is 16.5. The summed E-state index contributed by atoms with van der Waals surface area (Å²) in [5.41, 5.74) is 1.69. The summed E-state index contributed by atoms with van der Waals surface area (Å²) in [7, 11) is 0. The Kier molecular flexibility index (Phi) is 7.07. The molecule has 0 aliphatic carbocycles. The van der Waals surface area contributed by atoms with Crippen LogP contribution >= 0.6 is 22.9 Å². The molecule has 7 heteroatoms. The number of para-hydroxylation sites is 1. The van der Waals surface area contributed by atoms with Crippen LogP contribution in [0.1, 0.15) is 24.1 Å². The van der Waals surface area contributed by atoms with Crippen LogP contribution in [0.25, 0.3) is 17.3 Å². The van der Waals surface area contributed by atoms with Crippen LogP contribution in [-0.4, -0.2) is 10.5 Å². The number of nitriles is 1. The Bertz CT molecular complexity index is 1550. The average Bonchev–Trinajstić information content (AvgIpc) is 3.17. The molecule has 1 heterocycles. The normalized spacial score (nSPS) is 13.1. The molecule has 0 aliphatic heterocycles. The predicted octanol–water partition coefficient (Wildman–Crippen LogP) is 3.93. The van der Waals surface area contributed by atoms with Crippen molar-refractivity contribution in [1.29, 1.82) is 5.26 Å². The van der Waals surface area contributed by atoms with Crippen LogP contribution < -0.4 is 20.1 Å². The van der Waals surface area contributed by atoms with Crippen molar-refractivity contribution in [3.63, 3.8) is 0 Å². The topological polar surface area (TPSA) is 74.9 Å². The van der Waals surface area contributed by atoms with Crippen molar-refractivity contribution < 1.29 is 4.79 Å². The number of nitrogens with zero attached hydrogens (tertiary/aromatic N) is 2. The summed E-state index contributed by atoms with van der Waals surface area (Å²) >= 11 is 7.37. The molecule has 4 rings (SSSR count). The van der Waals surface area contributed by atoms with E-state index >= 15 is 0 Å². The maximum atomic E-state index is 13.4. The van der Waals surface area contributed by atoms with E-state index in [0.717, 1.165) is 16.9 Å². The number of hydrogen-bond donors (Lipinski definition) is 1. The molecule has 0 radical (unpaired) electrons. The third kappa shape index (κ3) is 4.86. The zero-order chi connectivity index (χ0) is 24.1. The minimum atomic E-state index is -0.547. The number of benzene rings is 3. The number of rotatable bonds is 5. The monoisotopic (exact) mass is 485 g/mol. The van der Waals surface area contributed by atoms with Crippen LogP contribution in [0.5, 0.6) is 0 Å². The van der Waals surface area contributed by atoms with Gasteiger partial charge in [-0.05, 0) is 42.3 Å². The van der Waals surface area contributed by atoms with E-state index in [9.17, 15) is 14.9 Å². The standard InChI is InChI=1S/C27H20ClN3O2S/c1-18(19-10-4-2-5-11-19)30-25(32)22(17-29)27-31(21-13-6-3-7-14-21)26(33)24(34-27)16-20-12-8-9-15-23(20)28/h2-16,18H,1H3,(H,30,32)/b24-16+,27-22+/t18-/m0/s1. The summed E-state index contributed by atoms with van der Waals surface area (Å²) in [4.78, 5) is 26.6. The minimum Gasteiger partial charge on any atom is -0.345 e. The van der Waals surface area contributed by atoms with Crippen molar-refractivity contribution in [2.24, 2.45) is 0 Å². The fourth-order valence-corrected chi connectivity index (χ4v) is 4.77. The molecule has 0 aliphatic rings. The smallest absolute Gasteiger partial charge is 0.273 e. The van der Waals surface area contributed by atoms with Gasteiger partial charge in [-0.2, -0.15) is 5.26 Å². The zero-order valence-corrected chi connectivity index (χ0v) is 19.8. The molecule has 5 nitrogen and oxygen atoms in total. The lowest BCUT2D eigenvalue weighted by Gasteiger charge is -2.13. The fourth-order valence-electron chi connectivity index (χ4n) is 3.48. The maximum absolute atomic E-state index is 13.4. The third-order valence-electron chi connectivity index (χ3n) is 5.23. The first-order valence-electron chi connectivity index (χ1n) is 10.5.